The molecule has 2 heterocycles. The Kier molecular flexibility index (Phi) is 2.87. The molecular formula is C14H12ClN3O. The van der Waals surface area contributed by atoms with Crippen LogP contribution in [0.3, 0.4) is 0 Å². The van der Waals surface area contributed by atoms with E-state index in [9.17, 15) is 5.11 Å². The number of pyridine rings is 1. The predicted molar refractivity (Wildman–Crippen MR) is 75.3 cm³/mol. The number of fused-ring (bicyclic) bond motifs is 1. The maximum Gasteiger partial charge on any atom is 0.160 e. The fourth-order valence-electron chi connectivity index (χ4n) is 2.12. The molecule has 96 valence electrons. The lowest BCUT2D eigenvalue weighted by Gasteiger charge is -2.06. The summed E-state index contributed by atoms with van der Waals surface area (Å²) in [5, 5.41) is 9.81. The van der Waals surface area contributed by atoms with Crippen molar-refractivity contribution in [3.63, 3.8) is 0 Å². The lowest BCUT2D eigenvalue weighted by atomic mass is 10.2. The second-order valence-corrected chi connectivity index (χ2v) is 4.60. The number of rotatable bonds is 2. The smallest absolute Gasteiger partial charge is 0.160 e. The van der Waals surface area contributed by atoms with E-state index in [1.807, 2.05) is 23.6 Å². The maximum atomic E-state index is 9.49. The Balaban J connectivity index is 2.26. The second kappa shape index (κ2) is 4.55. The average molecular weight is 274 g/mol. The second-order valence-electron chi connectivity index (χ2n) is 4.19. The molecule has 1 aromatic carbocycles. The average Bonchev–Trinajstić information content (AvgIpc) is 2.80. The van der Waals surface area contributed by atoms with Crippen molar-refractivity contribution in [2.45, 2.75) is 13.5 Å². The number of nitrogens with zero attached hydrogens (tertiary/aromatic N) is 3. The zero-order valence-corrected chi connectivity index (χ0v) is 11.1. The minimum atomic E-state index is 0.0719. The van der Waals surface area contributed by atoms with Crippen LogP contribution in [-0.2, 0) is 6.54 Å². The lowest BCUT2D eigenvalue weighted by Crippen LogP contribution is -1.98. The van der Waals surface area contributed by atoms with E-state index < -0.39 is 0 Å². The molecule has 1 N–H and O–H groups in total. The van der Waals surface area contributed by atoms with Crippen LogP contribution in [0.5, 0.6) is 5.75 Å². The largest absolute Gasteiger partial charge is 0.506 e. The summed E-state index contributed by atoms with van der Waals surface area (Å²) in [6, 6.07) is 8.88. The van der Waals surface area contributed by atoms with Crippen molar-refractivity contribution in [3.05, 3.63) is 41.6 Å². The van der Waals surface area contributed by atoms with Gasteiger partial charge >= 0.3 is 0 Å². The van der Waals surface area contributed by atoms with Crippen molar-refractivity contribution < 1.29 is 5.11 Å². The fraction of sp³-hybridized carbons (Fsp3) is 0.143. The van der Waals surface area contributed by atoms with Crippen molar-refractivity contribution in [1.29, 1.82) is 0 Å². The number of imidazole rings is 1. The van der Waals surface area contributed by atoms with E-state index in [-0.39, 0.29) is 5.75 Å². The summed E-state index contributed by atoms with van der Waals surface area (Å²) in [4.78, 5) is 8.94. The van der Waals surface area contributed by atoms with Gasteiger partial charge in [-0.1, -0.05) is 11.6 Å². The normalized spacial score (nSPS) is 11.1. The maximum absolute atomic E-state index is 9.49. The molecule has 0 spiro atoms. The molecule has 0 aliphatic heterocycles. The first-order chi connectivity index (χ1) is 9.20. The van der Waals surface area contributed by atoms with Crippen LogP contribution in [0.1, 0.15) is 6.92 Å². The number of phenols is 1. The number of halogens is 1. The minimum absolute atomic E-state index is 0.0719. The van der Waals surface area contributed by atoms with Gasteiger partial charge in [0.05, 0.1) is 5.02 Å². The van der Waals surface area contributed by atoms with Gasteiger partial charge in [-0.2, -0.15) is 0 Å². The zero-order valence-electron chi connectivity index (χ0n) is 10.3. The molecule has 19 heavy (non-hydrogen) atoms. The SMILES string of the molecule is CCn1c(-c2ccc(O)c(Cl)c2)nc2cccnc21. The van der Waals surface area contributed by atoms with Gasteiger partial charge in [0.2, 0.25) is 0 Å². The van der Waals surface area contributed by atoms with Crippen LogP contribution in [0.15, 0.2) is 36.5 Å². The molecule has 3 rings (SSSR count). The Bertz CT molecular complexity index is 752. The highest BCUT2D eigenvalue weighted by Crippen LogP contribution is 2.30. The third-order valence-corrected chi connectivity index (χ3v) is 3.33. The van der Waals surface area contributed by atoms with Crippen LogP contribution in [0.25, 0.3) is 22.6 Å². The molecular weight excluding hydrogens is 262 g/mol. The number of aromatic hydroxyl groups is 1. The van der Waals surface area contributed by atoms with Crippen LogP contribution in [-0.4, -0.2) is 19.6 Å². The van der Waals surface area contributed by atoms with Gasteiger partial charge in [-0.15, -0.1) is 0 Å². The Morgan fingerprint density at radius 1 is 1.32 bits per heavy atom. The molecule has 0 saturated carbocycles. The number of phenolic OH excluding ortho intramolecular Hbond substituents is 1. The molecule has 4 nitrogen and oxygen atoms in total. The molecule has 0 aliphatic carbocycles. The number of aromatic nitrogens is 3. The van der Waals surface area contributed by atoms with Gasteiger partial charge in [-0.3, -0.25) is 0 Å². The van der Waals surface area contributed by atoms with Gasteiger partial charge in [0, 0.05) is 18.3 Å². The van der Waals surface area contributed by atoms with Gasteiger partial charge in [0.25, 0.3) is 0 Å². The van der Waals surface area contributed by atoms with Crippen LogP contribution in [0.2, 0.25) is 5.02 Å². The Labute approximate surface area is 115 Å². The highest BCUT2D eigenvalue weighted by Gasteiger charge is 2.13. The topological polar surface area (TPSA) is 50.9 Å². The van der Waals surface area contributed by atoms with E-state index in [0.717, 1.165) is 29.1 Å². The fourth-order valence-corrected chi connectivity index (χ4v) is 2.30. The Morgan fingerprint density at radius 2 is 2.16 bits per heavy atom. The van der Waals surface area contributed by atoms with E-state index in [4.69, 9.17) is 11.6 Å². The Morgan fingerprint density at radius 3 is 2.89 bits per heavy atom. The lowest BCUT2D eigenvalue weighted by molar-refractivity contribution is 0.475. The van der Waals surface area contributed by atoms with Crippen LogP contribution in [0, 0.1) is 0 Å². The van der Waals surface area contributed by atoms with Crippen LogP contribution < -0.4 is 0 Å². The van der Waals surface area contributed by atoms with Crippen molar-refractivity contribution in [2.75, 3.05) is 0 Å². The monoisotopic (exact) mass is 273 g/mol. The molecule has 0 fully saturated rings. The van der Waals surface area contributed by atoms with Crippen LogP contribution >= 0.6 is 11.6 Å². The summed E-state index contributed by atoms with van der Waals surface area (Å²) in [7, 11) is 0. The van der Waals surface area contributed by atoms with Gasteiger partial charge in [0.15, 0.2) is 5.65 Å². The molecule has 5 heteroatoms. The minimum Gasteiger partial charge on any atom is -0.506 e. The van der Waals surface area contributed by atoms with E-state index in [2.05, 4.69) is 9.97 Å². The summed E-state index contributed by atoms with van der Waals surface area (Å²) in [5.41, 5.74) is 2.57. The van der Waals surface area contributed by atoms with Crippen molar-refractivity contribution in [1.82, 2.24) is 14.5 Å². The standard InChI is InChI=1S/C14H12ClN3O/c1-2-18-13(9-5-6-12(19)10(15)8-9)17-11-4-3-7-16-14(11)18/h3-8,19H,2H2,1H3. The summed E-state index contributed by atoms with van der Waals surface area (Å²) >= 11 is 5.96. The third-order valence-electron chi connectivity index (χ3n) is 3.03. The van der Waals surface area contributed by atoms with Crippen molar-refractivity contribution in [2.24, 2.45) is 0 Å². The summed E-state index contributed by atoms with van der Waals surface area (Å²) < 4.78 is 2.03. The Hall–Kier alpha value is -2.07. The highest BCUT2D eigenvalue weighted by atomic mass is 35.5. The molecule has 0 bridgehead atoms. The molecule has 0 unspecified atom stereocenters. The molecule has 0 amide bonds. The predicted octanol–water partition coefficient (Wildman–Crippen LogP) is 3.48. The number of aryl methyl sites for hydroxylation is 1. The van der Waals surface area contributed by atoms with Crippen LogP contribution in [0.4, 0.5) is 0 Å². The third kappa shape index (κ3) is 1.94. The number of hydrogen-bond donors (Lipinski definition) is 1. The first kappa shape index (κ1) is 12.0. The van der Waals surface area contributed by atoms with Crippen molar-refractivity contribution >= 4 is 22.8 Å². The molecule has 0 radical (unpaired) electrons. The molecule has 0 atom stereocenters. The van der Waals surface area contributed by atoms with Crippen molar-refractivity contribution in [3.8, 4) is 17.1 Å². The van der Waals surface area contributed by atoms with E-state index in [0.29, 0.717) is 5.02 Å². The number of hydrogen-bond acceptors (Lipinski definition) is 3. The molecule has 2 aromatic heterocycles. The summed E-state index contributed by atoms with van der Waals surface area (Å²) in [5.74, 6) is 0.876. The van der Waals surface area contributed by atoms with E-state index >= 15 is 0 Å². The summed E-state index contributed by atoms with van der Waals surface area (Å²) in [6.45, 7) is 2.81. The van der Waals surface area contributed by atoms with E-state index in [1.165, 1.54) is 0 Å². The molecule has 3 aromatic rings. The highest BCUT2D eigenvalue weighted by molar-refractivity contribution is 6.32. The quantitative estimate of drug-likeness (QED) is 0.778. The first-order valence-corrected chi connectivity index (χ1v) is 6.38. The number of benzene rings is 1. The summed E-state index contributed by atoms with van der Waals surface area (Å²) in [6.07, 6.45) is 1.75. The molecule has 0 aliphatic rings. The van der Waals surface area contributed by atoms with Gasteiger partial charge in [-0.05, 0) is 37.3 Å². The van der Waals surface area contributed by atoms with Gasteiger partial charge in [-0.25, -0.2) is 9.97 Å². The van der Waals surface area contributed by atoms with Gasteiger partial charge in [0.1, 0.15) is 17.1 Å². The van der Waals surface area contributed by atoms with E-state index in [1.54, 1.807) is 24.4 Å². The zero-order chi connectivity index (χ0) is 13.4. The first-order valence-electron chi connectivity index (χ1n) is 6.01. The van der Waals surface area contributed by atoms with Gasteiger partial charge < -0.3 is 9.67 Å². The molecule has 0 saturated heterocycles.